The lowest BCUT2D eigenvalue weighted by molar-refractivity contribution is -0.134. The molecule has 8 heavy (non-hydrogen) atoms. The Balaban J connectivity index is 3.06. The van der Waals surface area contributed by atoms with Gasteiger partial charge in [0.25, 0.3) is 5.97 Å². The summed E-state index contributed by atoms with van der Waals surface area (Å²) in [7, 11) is -1.00. The van der Waals surface area contributed by atoms with Crippen molar-refractivity contribution in [1.29, 1.82) is 0 Å². The van der Waals surface area contributed by atoms with Gasteiger partial charge < -0.3 is 4.65 Å². The molecule has 0 aliphatic heterocycles. The minimum atomic E-state index is -1.00. The minimum absolute atomic E-state index is 0.309. The summed E-state index contributed by atoms with van der Waals surface area (Å²) < 4.78 is 15.1. The molecule has 0 bridgehead atoms. The van der Waals surface area contributed by atoms with Crippen LogP contribution in [0.4, 0.5) is 4.32 Å². The average molecular weight is 118 g/mol. The summed E-state index contributed by atoms with van der Waals surface area (Å²) in [5.41, 5.74) is 0. The summed E-state index contributed by atoms with van der Waals surface area (Å²) in [6.45, 7) is 1.83. The monoisotopic (exact) mass is 118 g/mol. The summed E-state index contributed by atoms with van der Waals surface area (Å²) in [5, 5.41) is 0. The van der Waals surface area contributed by atoms with Gasteiger partial charge in [0.2, 0.25) is 0 Å². The highest BCUT2D eigenvalue weighted by Crippen LogP contribution is 1.88. The van der Waals surface area contributed by atoms with Crippen LogP contribution in [-0.4, -0.2) is 13.7 Å². The van der Waals surface area contributed by atoms with Crippen molar-refractivity contribution in [1.82, 2.24) is 0 Å². The molecule has 0 fully saturated rings. The van der Waals surface area contributed by atoms with E-state index in [9.17, 15) is 9.11 Å². The van der Waals surface area contributed by atoms with E-state index in [0.717, 1.165) is 0 Å². The molecule has 0 saturated carbocycles. The molecule has 0 radical (unpaired) electrons. The predicted octanol–water partition coefficient (Wildman–Crippen LogP) is 0.566. The van der Waals surface area contributed by atoms with Gasteiger partial charge in [-0.3, -0.25) is 9.11 Å². The Morgan fingerprint density at radius 1 is 1.88 bits per heavy atom. The number of rotatable bonds is 3. The molecule has 0 atom stereocenters. The molecule has 0 saturated heterocycles. The largest absolute Gasteiger partial charge is 0.549 e. The quantitative estimate of drug-likeness (QED) is 0.506. The van der Waals surface area contributed by atoms with Crippen molar-refractivity contribution >= 4 is 13.7 Å². The van der Waals surface area contributed by atoms with Crippen LogP contribution < -0.4 is 0 Å². The first-order chi connectivity index (χ1) is 3.81. The molecule has 0 aliphatic rings. The average Bonchev–Trinajstić information content (AvgIpc) is 1.68. The van der Waals surface area contributed by atoms with Crippen LogP contribution in [0.25, 0.3) is 0 Å². The van der Waals surface area contributed by atoms with Gasteiger partial charge in [-0.05, 0) is 6.42 Å². The Kier molecular flexibility index (Phi) is 4.31. The highest BCUT2D eigenvalue weighted by atomic mass is 19.1. The van der Waals surface area contributed by atoms with Crippen LogP contribution in [0.2, 0.25) is 0 Å². The van der Waals surface area contributed by atoms with Gasteiger partial charge in [-0.25, -0.2) is 0 Å². The number of halogens is 1. The van der Waals surface area contributed by atoms with E-state index in [-0.39, 0.29) is 0 Å². The van der Waals surface area contributed by atoms with Crippen molar-refractivity contribution in [3.8, 4) is 0 Å². The highest BCUT2D eigenvalue weighted by Gasteiger charge is 1.98. The van der Waals surface area contributed by atoms with E-state index in [1.165, 1.54) is 0 Å². The summed E-state index contributed by atoms with van der Waals surface area (Å²) >= 11 is 0. The zero-order valence-electron chi connectivity index (χ0n) is 4.82. The first-order valence-electron chi connectivity index (χ1n) is 2.52. The Labute approximate surface area is 48.3 Å². The second-order valence-corrected chi connectivity index (χ2v) is 1.38. The van der Waals surface area contributed by atoms with Crippen LogP contribution >= 0.6 is 0 Å². The van der Waals surface area contributed by atoms with Crippen molar-refractivity contribution in [3.63, 3.8) is 0 Å². The number of carbonyl (C=O) groups excluding carboxylic acids is 1. The minimum Gasteiger partial charge on any atom is -0.509 e. The second kappa shape index (κ2) is 4.62. The molecule has 4 heteroatoms. The fraction of sp³-hybridized carbons (Fsp3) is 0.750. The van der Waals surface area contributed by atoms with Crippen molar-refractivity contribution < 1.29 is 13.8 Å². The molecule has 0 rings (SSSR count). The van der Waals surface area contributed by atoms with Crippen LogP contribution in [0.1, 0.15) is 19.8 Å². The third-order valence-corrected chi connectivity index (χ3v) is 0.670. The SMILES string of the molecule is CCCC(=O)OBF. The first-order valence-corrected chi connectivity index (χ1v) is 2.52. The molecule has 0 aromatic heterocycles. The molecule has 0 aromatic carbocycles. The molecule has 0 N–H and O–H groups in total. The third-order valence-electron chi connectivity index (χ3n) is 0.670. The zero-order chi connectivity index (χ0) is 6.41. The van der Waals surface area contributed by atoms with E-state index in [1.54, 1.807) is 0 Å². The van der Waals surface area contributed by atoms with Crippen molar-refractivity contribution in [2.24, 2.45) is 0 Å². The predicted molar refractivity (Wildman–Crippen MR) is 29.3 cm³/mol. The standard InChI is InChI=1S/C4H8BFO2/c1-2-3-4(7)8-5-6/h5H,2-3H2,1H3. The molecule has 0 aliphatic carbocycles. The second-order valence-electron chi connectivity index (χ2n) is 1.38. The Hall–Kier alpha value is -0.535. The third kappa shape index (κ3) is 3.65. The summed E-state index contributed by atoms with van der Waals surface area (Å²) in [4.78, 5) is 10.2. The van der Waals surface area contributed by atoms with Gasteiger partial charge in [0.1, 0.15) is 0 Å². The van der Waals surface area contributed by atoms with Crippen molar-refractivity contribution in [2.45, 2.75) is 19.8 Å². The lowest BCUT2D eigenvalue weighted by atomic mass is 10.3. The maximum absolute atomic E-state index is 11.1. The number of hydrogen-bond donors (Lipinski definition) is 0. The molecule has 0 aromatic rings. The van der Waals surface area contributed by atoms with E-state index >= 15 is 0 Å². The molecular weight excluding hydrogens is 110 g/mol. The van der Waals surface area contributed by atoms with E-state index in [0.29, 0.717) is 12.8 Å². The van der Waals surface area contributed by atoms with Gasteiger partial charge in [-0.15, -0.1) is 0 Å². The van der Waals surface area contributed by atoms with Crippen LogP contribution in [0.15, 0.2) is 0 Å². The Morgan fingerprint density at radius 3 is 2.88 bits per heavy atom. The number of carbonyl (C=O) groups is 1. The van der Waals surface area contributed by atoms with Crippen LogP contribution in [0, 0.1) is 0 Å². The van der Waals surface area contributed by atoms with Crippen molar-refractivity contribution in [2.75, 3.05) is 0 Å². The Morgan fingerprint density at radius 2 is 2.50 bits per heavy atom. The first kappa shape index (κ1) is 7.46. The van der Waals surface area contributed by atoms with E-state index in [4.69, 9.17) is 0 Å². The van der Waals surface area contributed by atoms with E-state index in [2.05, 4.69) is 4.65 Å². The molecular formula is C4H8BFO2. The molecule has 2 nitrogen and oxygen atoms in total. The molecule has 46 valence electrons. The van der Waals surface area contributed by atoms with Gasteiger partial charge in [-0.2, -0.15) is 0 Å². The summed E-state index contributed by atoms with van der Waals surface area (Å²) in [6.07, 6.45) is 1.02. The molecule has 0 heterocycles. The van der Waals surface area contributed by atoms with E-state index < -0.39 is 13.7 Å². The number of hydrogen-bond acceptors (Lipinski definition) is 2. The Bertz CT molecular complexity index is 68.4. The topological polar surface area (TPSA) is 26.3 Å². The lowest BCUT2D eigenvalue weighted by Crippen LogP contribution is -2.03. The fourth-order valence-corrected chi connectivity index (χ4v) is 0.337. The zero-order valence-corrected chi connectivity index (χ0v) is 4.82. The fourth-order valence-electron chi connectivity index (χ4n) is 0.337. The van der Waals surface area contributed by atoms with Crippen LogP contribution in [-0.2, 0) is 9.45 Å². The van der Waals surface area contributed by atoms with Crippen LogP contribution in [0.3, 0.4) is 0 Å². The maximum Gasteiger partial charge on any atom is 0.549 e. The van der Waals surface area contributed by atoms with Gasteiger partial charge in [0, 0.05) is 6.42 Å². The molecule has 0 unspecified atom stereocenters. The summed E-state index contributed by atoms with van der Waals surface area (Å²) in [5.74, 6) is -0.463. The molecule has 0 amide bonds. The summed E-state index contributed by atoms with van der Waals surface area (Å²) in [6, 6.07) is 0. The van der Waals surface area contributed by atoms with Gasteiger partial charge >= 0.3 is 7.76 Å². The van der Waals surface area contributed by atoms with Gasteiger partial charge in [-0.1, -0.05) is 6.92 Å². The smallest absolute Gasteiger partial charge is 0.509 e. The maximum atomic E-state index is 11.1. The lowest BCUT2D eigenvalue weighted by Gasteiger charge is -1.93. The molecule has 0 spiro atoms. The van der Waals surface area contributed by atoms with Gasteiger partial charge in [0.05, 0.1) is 0 Å². The van der Waals surface area contributed by atoms with Crippen LogP contribution in [0.5, 0.6) is 0 Å². The normalized spacial score (nSPS) is 8.25. The van der Waals surface area contributed by atoms with E-state index in [1.807, 2.05) is 6.92 Å². The highest BCUT2D eigenvalue weighted by molar-refractivity contribution is 6.21. The van der Waals surface area contributed by atoms with Gasteiger partial charge in [0.15, 0.2) is 0 Å². The van der Waals surface area contributed by atoms with Crippen molar-refractivity contribution in [3.05, 3.63) is 0 Å².